The van der Waals surface area contributed by atoms with Gasteiger partial charge in [-0.3, -0.25) is 4.79 Å². The summed E-state index contributed by atoms with van der Waals surface area (Å²) in [6.45, 7) is 2.28. The van der Waals surface area contributed by atoms with Crippen molar-refractivity contribution in [1.29, 1.82) is 0 Å². The third-order valence-corrected chi connectivity index (χ3v) is 5.85. The molecule has 1 aromatic heterocycles. The van der Waals surface area contributed by atoms with Crippen LogP contribution in [0.2, 0.25) is 0 Å². The normalized spacial score (nSPS) is 19.8. The lowest BCUT2D eigenvalue weighted by Gasteiger charge is -2.26. The van der Waals surface area contributed by atoms with E-state index in [-0.39, 0.29) is 5.91 Å². The number of rotatable bonds is 6. The van der Waals surface area contributed by atoms with Crippen LogP contribution in [-0.4, -0.2) is 31.2 Å². The number of hydrogen-bond acceptors (Lipinski definition) is 5. The summed E-state index contributed by atoms with van der Waals surface area (Å²) in [6, 6.07) is 6.05. The Labute approximate surface area is 158 Å². The van der Waals surface area contributed by atoms with Gasteiger partial charge < -0.3 is 14.8 Å². The summed E-state index contributed by atoms with van der Waals surface area (Å²) in [6.07, 6.45) is 4.90. The number of methoxy groups -OCH3 is 2. The number of carbonyl (C=O) groups excluding carboxylic acids is 1. The van der Waals surface area contributed by atoms with Gasteiger partial charge in [0.25, 0.3) is 0 Å². The molecular formula is C20H26N2O3S. The second kappa shape index (κ2) is 8.54. The zero-order valence-electron chi connectivity index (χ0n) is 15.6. The molecule has 0 aliphatic heterocycles. The van der Waals surface area contributed by atoms with E-state index in [0.29, 0.717) is 24.0 Å². The van der Waals surface area contributed by atoms with E-state index >= 15 is 0 Å². The number of carbonyl (C=O) groups is 1. The van der Waals surface area contributed by atoms with Gasteiger partial charge >= 0.3 is 0 Å². The monoisotopic (exact) mass is 374 g/mol. The molecular weight excluding hydrogens is 348 g/mol. The van der Waals surface area contributed by atoms with Gasteiger partial charge in [0, 0.05) is 17.0 Å². The molecule has 1 aromatic carbocycles. The summed E-state index contributed by atoms with van der Waals surface area (Å²) >= 11 is 1.54. The average Bonchev–Trinajstić information content (AvgIpc) is 3.11. The van der Waals surface area contributed by atoms with Gasteiger partial charge in [-0.25, -0.2) is 4.98 Å². The maximum Gasteiger partial charge on any atom is 0.226 e. The van der Waals surface area contributed by atoms with Crippen LogP contribution >= 0.6 is 11.3 Å². The van der Waals surface area contributed by atoms with Crippen LogP contribution in [0.4, 0.5) is 0 Å². The van der Waals surface area contributed by atoms with Crippen molar-refractivity contribution in [2.75, 3.05) is 14.2 Å². The molecule has 0 saturated heterocycles. The van der Waals surface area contributed by atoms with Crippen molar-refractivity contribution in [1.82, 2.24) is 10.3 Å². The van der Waals surface area contributed by atoms with Crippen molar-refractivity contribution >= 4 is 17.2 Å². The van der Waals surface area contributed by atoms with Crippen LogP contribution in [0.25, 0.3) is 10.6 Å². The summed E-state index contributed by atoms with van der Waals surface area (Å²) in [5.41, 5.74) is 1.77. The van der Waals surface area contributed by atoms with Crippen LogP contribution in [0.1, 0.15) is 38.3 Å². The van der Waals surface area contributed by atoms with E-state index < -0.39 is 0 Å². The summed E-state index contributed by atoms with van der Waals surface area (Å²) in [7, 11) is 3.23. The van der Waals surface area contributed by atoms with Gasteiger partial charge in [-0.1, -0.05) is 6.92 Å². The van der Waals surface area contributed by atoms with Crippen molar-refractivity contribution in [3.05, 3.63) is 29.3 Å². The zero-order valence-corrected chi connectivity index (χ0v) is 16.4. The number of amides is 1. The number of nitrogens with one attached hydrogen (secondary N) is 1. The van der Waals surface area contributed by atoms with E-state index in [1.807, 2.05) is 23.6 Å². The molecule has 0 spiro atoms. The Kier molecular flexibility index (Phi) is 6.14. The second-order valence-corrected chi connectivity index (χ2v) is 7.77. The largest absolute Gasteiger partial charge is 0.493 e. The number of hydrogen-bond donors (Lipinski definition) is 1. The Bertz CT molecular complexity index is 751. The Morgan fingerprint density at radius 1 is 1.19 bits per heavy atom. The Hall–Kier alpha value is -2.08. The van der Waals surface area contributed by atoms with E-state index in [9.17, 15) is 4.79 Å². The maximum atomic E-state index is 12.3. The van der Waals surface area contributed by atoms with Crippen LogP contribution in [0.15, 0.2) is 23.6 Å². The van der Waals surface area contributed by atoms with E-state index in [4.69, 9.17) is 9.47 Å². The first kappa shape index (κ1) is 18.7. The second-order valence-electron chi connectivity index (χ2n) is 6.91. The predicted molar refractivity (Wildman–Crippen MR) is 104 cm³/mol. The summed E-state index contributed by atoms with van der Waals surface area (Å²) in [5.74, 6) is 2.21. The fraction of sp³-hybridized carbons (Fsp3) is 0.500. The molecule has 0 bridgehead atoms. The van der Waals surface area contributed by atoms with Crippen molar-refractivity contribution in [3.63, 3.8) is 0 Å². The molecule has 1 saturated carbocycles. The number of thiazole rings is 1. The first-order valence-electron chi connectivity index (χ1n) is 9.05. The molecule has 5 nitrogen and oxygen atoms in total. The molecule has 140 valence electrons. The minimum Gasteiger partial charge on any atom is -0.493 e. The first-order chi connectivity index (χ1) is 12.6. The van der Waals surface area contributed by atoms with Crippen LogP contribution in [0.5, 0.6) is 11.5 Å². The lowest BCUT2D eigenvalue weighted by Crippen LogP contribution is -2.38. The predicted octanol–water partition coefficient (Wildman–Crippen LogP) is 4.06. The van der Waals surface area contributed by atoms with Crippen molar-refractivity contribution in [2.24, 2.45) is 5.92 Å². The van der Waals surface area contributed by atoms with Gasteiger partial charge in [0.1, 0.15) is 5.01 Å². The smallest absolute Gasteiger partial charge is 0.226 e. The molecule has 26 heavy (non-hydrogen) atoms. The minimum atomic E-state index is 0.0636. The molecule has 1 fully saturated rings. The SMILES string of the molecule is COc1ccc(-c2nc(CC(=O)NC3CCC(C)CC3)cs2)cc1OC. The topological polar surface area (TPSA) is 60.5 Å². The molecule has 0 radical (unpaired) electrons. The number of benzene rings is 1. The van der Waals surface area contributed by atoms with Crippen LogP contribution in [-0.2, 0) is 11.2 Å². The maximum absolute atomic E-state index is 12.3. The lowest BCUT2D eigenvalue weighted by atomic mass is 9.87. The third kappa shape index (κ3) is 4.55. The fourth-order valence-corrected chi connectivity index (χ4v) is 4.15. The average molecular weight is 375 g/mol. The molecule has 0 atom stereocenters. The van der Waals surface area contributed by atoms with Gasteiger partial charge in [0.2, 0.25) is 5.91 Å². The Morgan fingerprint density at radius 2 is 1.92 bits per heavy atom. The van der Waals surface area contributed by atoms with Crippen LogP contribution in [0.3, 0.4) is 0 Å². The highest BCUT2D eigenvalue weighted by molar-refractivity contribution is 7.13. The van der Waals surface area contributed by atoms with Gasteiger partial charge in [-0.15, -0.1) is 11.3 Å². The molecule has 1 aliphatic carbocycles. The third-order valence-electron chi connectivity index (χ3n) is 4.90. The van der Waals surface area contributed by atoms with E-state index in [0.717, 1.165) is 35.0 Å². The number of ether oxygens (including phenoxy) is 2. The van der Waals surface area contributed by atoms with Crippen LogP contribution < -0.4 is 14.8 Å². The fourth-order valence-electron chi connectivity index (χ4n) is 3.34. The highest BCUT2D eigenvalue weighted by atomic mass is 32.1. The zero-order chi connectivity index (χ0) is 18.5. The first-order valence-corrected chi connectivity index (χ1v) is 9.93. The van der Waals surface area contributed by atoms with Gasteiger partial charge in [0.05, 0.1) is 26.3 Å². The van der Waals surface area contributed by atoms with Crippen molar-refractivity contribution in [2.45, 2.75) is 45.1 Å². The molecule has 3 rings (SSSR count). The van der Waals surface area contributed by atoms with Crippen molar-refractivity contribution < 1.29 is 14.3 Å². The molecule has 1 N–H and O–H groups in total. The van der Waals surface area contributed by atoms with Crippen LogP contribution in [0, 0.1) is 5.92 Å². The summed E-state index contributed by atoms with van der Waals surface area (Å²) in [5, 5.41) is 5.99. The lowest BCUT2D eigenvalue weighted by molar-refractivity contribution is -0.121. The van der Waals surface area contributed by atoms with Gasteiger partial charge in [0.15, 0.2) is 11.5 Å². The highest BCUT2D eigenvalue weighted by Gasteiger charge is 2.20. The number of nitrogens with zero attached hydrogens (tertiary/aromatic N) is 1. The molecule has 1 amide bonds. The van der Waals surface area contributed by atoms with Gasteiger partial charge in [-0.2, -0.15) is 0 Å². The standard InChI is InChI=1S/C20H26N2O3S/c1-13-4-7-15(8-5-13)21-19(23)11-16-12-26-20(22-16)14-6-9-17(24-2)18(10-14)25-3/h6,9-10,12-13,15H,4-5,7-8,11H2,1-3H3,(H,21,23). The quantitative estimate of drug-likeness (QED) is 0.828. The molecule has 2 aromatic rings. The van der Waals surface area contributed by atoms with Gasteiger partial charge in [-0.05, 0) is 49.8 Å². The summed E-state index contributed by atoms with van der Waals surface area (Å²) in [4.78, 5) is 16.9. The molecule has 0 unspecified atom stereocenters. The van der Waals surface area contributed by atoms with E-state index in [1.165, 1.54) is 24.2 Å². The number of aromatic nitrogens is 1. The highest BCUT2D eigenvalue weighted by Crippen LogP contribution is 2.33. The molecule has 6 heteroatoms. The Morgan fingerprint density at radius 3 is 2.62 bits per heavy atom. The Balaban J connectivity index is 1.62. The van der Waals surface area contributed by atoms with E-state index in [1.54, 1.807) is 14.2 Å². The molecule has 1 heterocycles. The van der Waals surface area contributed by atoms with Crippen molar-refractivity contribution in [3.8, 4) is 22.1 Å². The summed E-state index contributed by atoms with van der Waals surface area (Å²) < 4.78 is 10.6. The molecule has 1 aliphatic rings. The minimum absolute atomic E-state index is 0.0636. The van der Waals surface area contributed by atoms with E-state index in [2.05, 4.69) is 17.2 Å².